The summed E-state index contributed by atoms with van der Waals surface area (Å²) in [5.74, 6) is 0. The number of para-hydroxylation sites is 1. The summed E-state index contributed by atoms with van der Waals surface area (Å²) in [4.78, 5) is 0. The molecule has 0 aliphatic carbocycles. The monoisotopic (exact) mass is 818 g/mol. The number of hydrogen-bond acceptors (Lipinski definition) is 0. The van der Waals surface area contributed by atoms with Crippen LogP contribution >= 0.6 is 0 Å². The first kappa shape index (κ1) is 36.8. The topological polar surface area (TPSA) is 9.86 Å². The molecule has 12 rings (SSSR count). The van der Waals surface area contributed by atoms with Crippen LogP contribution < -0.4 is 20.7 Å². The molecule has 2 nitrogen and oxygen atoms in total. The minimum absolute atomic E-state index is 1.13. The highest BCUT2D eigenvalue weighted by molar-refractivity contribution is 7.20. The first-order chi connectivity index (χ1) is 31.3. The van der Waals surface area contributed by atoms with Crippen molar-refractivity contribution in [2.24, 2.45) is 0 Å². The van der Waals surface area contributed by atoms with E-state index in [1.165, 1.54) is 86.6 Å². The molecule has 0 atom stereocenters. The molecule has 0 aliphatic heterocycles. The van der Waals surface area contributed by atoms with Crippen molar-refractivity contribution < 1.29 is 0 Å². The van der Waals surface area contributed by atoms with Gasteiger partial charge in [-0.1, -0.05) is 212 Å². The molecule has 2 aromatic heterocycles. The predicted molar refractivity (Wildman–Crippen MR) is 270 cm³/mol. The van der Waals surface area contributed by atoms with Crippen molar-refractivity contribution in [3.8, 4) is 33.6 Å². The van der Waals surface area contributed by atoms with Crippen LogP contribution in [0.5, 0.6) is 0 Å². The van der Waals surface area contributed by atoms with E-state index in [4.69, 9.17) is 0 Å². The van der Waals surface area contributed by atoms with E-state index in [2.05, 4.69) is 264 Å². The molecule has 0 saturated carbocycles. The Morgan fingerprint density at radius 2 is 0.667 bits per heavy atom. The highest BCUT2D eigenvalue weighted by Gasteiger charge is 2.41. The number of benzene rings is 10. The summed E-state index contributed by atoms with van der Waals surface area (Å²) in [6, 6.07) is 94.3. The quantitative estimate of drug-likeness (QED) is 0.107. The summed E-state index contributed by atoms with van der Waals surface area (Å²) in [5.41, 5.74) is 11.8. The lowest BCUT2D eigenvalue weighted by atomic mass is 10.0. The smallest absolute Gasteiger partial charge is 0.179 e. The molecule has 63 heavy (non-hydrogen) atoms. The van der Waals surface area contributed by atoms with Gasteiger partial charge in [-0.2, -0.15) is 0 Å². The molecule has 0 N–H and O–H groups in total. The summed E-state index contributed by atoms with van der Waals surface area (Å²) in [7, 11) is -2.78. The fourth-order valence-electron chi connectivity index (χ4n) is 10.2. The highest BCUT2D eigenvalue weighted by atomic mass is 28.3. The second kappa shape index (κ2) is 15.2. The highest BCUT2D eigenvalue weighted by Crippen LogP contribution is 2.39. The average molecular weight is 819 g/mol. The molecular formula is C60H42N2Si. The molecule has 296 valence electrons. The van der Waals surface area contributed by atoms with Crippen molar-refractivity contribution in [1.29, 1.82) is 0 Å². The second-order valence-electron chi connectivity index (χ2n) is 16.5. The van der Waals surface area contributed by atoms with Gasteiger partial charge in [-0.25, -0.2) is 0 Å². The maximum atomic E-state index is 2.53. The van der Waals surface area contributed by atoms with Crippen LogP contribution in [-0.2, 0) is 0 Å². The third kappa shape index (κ3) is 6.00. The van der Waals surface area contributed by atoms with Crippen LogP contribution in [0.1, 0.15) is 0 Å². The number of fused-ring (bicyclic) bond motifs is 6. The van der Waals surface area contributed by atoms with Gasteiger partial charge in [0.25, 0.3) is 0 Å². The first-order valence-corrected chi connectivity index (χ1v) is 23.8. The normalized spacial score (nSPS) is 11.8. The lowest BCUT2D eigenvalue weighted by molar-refractivity contribution is 1.15. The molecule has 3 heteroatoms. The standard InChI is InChI=1S/C60H42N2Si/c1-6-19-43(20-7-1)45-23-18-24-47(39-45)61-57-32-17-16-31-53(57)54-37-34-48(41-60(54)61)62-58-38-35-52(42-56(58)55-36-33-46(40-59(55)62)44-21-8-2-9-22-44)63(49-25-10-3-11-26-49,50-27-12-4-13-28-50)51-29-14-5-15-30-51/h1-42H. The van der Waals surface area contributed by atoms with Crippen molar-refractivity contribution >= 4 is 72.4 Å². The van der Waals surface area contributed by atoms with E-state index in [1.54, 1.807) is 0 Å². The van der Waals surface area contributed by atoms with Crippen LogP contribution in [0.2, 0.25) is 0 Å². The molecule has 12 aromatic rings. The minimum Gasteiger partial charge on any atom is -0.309 e. The zero-order valence-corrected chi connectivity index (χ0v) is 35.6. The Labute approximate surface area is 368 Å². The second-order valence-corrected chi connectivity index (χ2v) is 20.3. The Hall–Kier alpha value is -7.98. The average Bonchev–Trinajstić information content (AvgIpc) is 3.87. The molecule has 0 radical (unpaired) electrons. The van der Waals surface area contributed by atoms with E-state index in [0.29, 0.717) is 0 Å². The van der Waals surface area contributed by atoms with Gasteiger partial charge in [0.2, 0.25) is 0 Å². The summed E-state index contributed by atoms with van der Waals surface area (Å²) >= 11 is 0. The minimum atomic E-state index is -2.78. The zero-order chi connectivity index (χ0) is 41.7. The van der Waals surface area contributed by atoms with Crippen LogP contribution in [0.25, 0.3) is 77.2 Å². The Morgan fingerprint density at radius 1 is 0.222 bits per heavy atom. The van der Waals surface area contributed by atoms with Crippen LogP contribution in [0.15, 0.2) is 255 Å². The van der Waals surface area contributed by atoms with Gasteiger partial charge in [-0.15, -0.1) is 0 Å². The molecular weight excluding hydrogens is 777 g/mol. The van der Waals surface area contributed by atoms with Crippen LogP contribution in [0, 0.1) is 0 Å². The fraction of sp³-hybridized carbons (Fsp3) is 0. The van der Waals surface area contributed by atoms with Crippen molar-refractivity contribution in [2.45, 2.75) is 0 Å². The van der Waals surface area contributed by atoms with Gasteiger partial charge in [0.15, 0.2) is 8.07 Å². The molecule has 10 aromatic carbocycles. The number of hydrogen-bond donors (Lipinski definition) is 0. The number of rotatable bonds is 8. The van der Waals surface area contributed by atoms with Gasteiger partial charge in [-0.05, 0) is 85.5 Å². The number of nitrogens with zero attached hydrogens (tertiary/aromatic N) is 2. The van der Waals surface area contributed by atoms with Gasteiger partial charge >= 0.3 is 0 Å². The maximum Gasteiger partial charge on any atom is 0.179 e. The van der Waals surface area contributed by atoms with Crippen LogP contribution in [-0.4, -0.2) is 17.2 Å². The number of aromatic nitrogens is 2. The fourth-order valence-corrected chi connectivity index (χ4v) is 15.0. The van der Waals surface area contributed by atoms with Gasteiger partial charge in [-0.3, -0.25) is 0 Å². The van der Waals surface area contributed by atoms with Gasteiger partial charge in [0.05, 0.1) is 22.1 Å². The molecule has 0 spiro atoms. The van der Waals surface area contributed by atoms with E-state index in [1.807, 2.05) is 0 Å². The Morgan fingerprint density at radius 3 is 1.29 bits per heavy atom. The lowest BCUT2D eigenvalue weighted by Crippen LogP contribution is -2.74. The van der Waals surface area contributed by atoms with E-state index in [0.717, 1.165) is 11.4 Å². The molecule has 0 saturated heterocycles. The molecule has 0 unspecified atom stereocenters. The van der Waals surface area contributed by atoms with Crippen molar-refractivity contribution in [3.63, 3.8) is 0 Å². The lowest BCUT2D eigenvalue weighted by Gasteiger charge is -2.34. The van der Waals surface area contributed by atoms with E-state index >= 15 is 0 Å². The first-order valence-electron chi connectivity index (χ1n) is 21.8. The van der Waals surface area contributed by atoms with Crippen LogP contribution in [0.3, 0.4) is 0 Å². The van der Waals surface area contributed by atoms with Gasteiger partial charge in [0.1, 0.15) is 0 Å². The van der Waals surface area contributed by atoms with Crippen molar-refractivity contribution in [2.75, 3.05) is 0 Å². The van der Waals surface area contributed by atoms with Crippen LogP contribution in [0.4, 0.5) is 0 Å². The van der Waals surface area contributed by atoms with E-state index in [-0.39, 0.29) is 0 Å². The Balaban J connectivity index is 1.14. The summed E-state index contributed by atoms with van der Waals surface area (Å²) < 4.78 is 4.95. The summed E-state index contributed by atoms with van der Waals surface area (Å²) in [5, 5.41) is 10.4. The third-order valence-electron chi connectivity index (χ3n) is 13.1. The Bertz CT molecular complexity index is 3500. The summed E-state index contributed by atoms with van der Waals surface area (Å²) in [6.45, 7) is 0. The third-order valence-corrected chi connectivity index (χ3v) is 17.8. The molecule has 0 fully saturated rings. The molecule has 2 heterocycles. The predicted octanol–water partition coefficient (Wildman–Crippen LogP) is 12.6. The van der Waals surface area contributed by atoms with E-state index < -0.39 is 8.07 Å². The Kier molecular flexibility index (Phi) is 8.87. The molecule has 0 amide bonds. The van der Waals surface area contributed by atoms with Gasteiger partial charge in [0, 0.05) is 32.9 Å². The molecule has 0 bridgehead atoms. The summed E-state index contributed by atoms with van der Waals surface area (Å²) in [6.07, 6.45) is 0. The van der Waals surface area contributed by atoms with Crippen molar-refractivity contribution in [1.82, 2.24) is 9.13 Å². The molecule has 0 aliphatic rings. The van der Waals surface area contributed by atoms with Crippen molar-refractivity contribution in [3.05, 3.63) is 255 Å². The van der Waals surface area contributed by atoms with Gasteiger partial charge < -0.3 is 9.13 Å². The zero-order valence-electron chi connectivity index (χ0n) is 34.6. The van der Waals surface area contributed by atoms with E-state index in [9.17, 15) is 0 Å². The largest absolute Gasteiger partial charge is 0.309 e. The maximum absolute atomic E-state index is 2.78. The SMILES string of the molecule is c1ccc(-c2cccc(-n3c4ccccc4c4ccc(-n5c6ccc([Si](c7ccccc7)(c7ccccc7)c7ccccc7)cc6c6ccc(-c7ccccc7)cc65)cc43)c2)cc1.